The second-order valence-corrected chi connectivity index (χ2v) is 8.84. The lowest BCUT2D eigenvalue weighted by molar-refractivity contribution is -0.118. The summed E-state index contributed by atoms with van der Waals surface area (Å²) in [5.41, 5.74) is 1.93. The van der Waals surface area contributed by atoms with Crippen molar-refractivity contribution in [3.63, 3.8) is 0 Å². The predicted octanol–water partition coefficient (Wildman–Crippen LogP) is 4.08. The third-order valence-electron chi connectivity index (χ3n) is 4.77. The SMILES string of the molecule is COc1ccc(CNC(=O)CSc2nc3sc(-c4ccccc4)cc3c(=O)n2C)cc1. The van der Waals surface area contributed by atoms with Crippen molar-refractivity contribution >= 4 is 39.2 Å². The maximum absolute atomic E-state index is 12.8. The first kappa shape index (κ1) is 21.1. The van der Waals surface area contributed by atoms with E-state index in [9.17, 15) is 9.59 Å². The zero-order valence-corrected chi connectivity index (χ0v) is 18.8. The zero-order chi connectivity index (χ0) is 21.8. The summed E-state index contributed by atoms with van der Waals surface area (Å²) in [5.74, 6) is 0.835. The van der Waals surface area contributed by atoms with Gasteiger partial charge in [-0.15, -0.1) is 11.3 Å². The summed E-state index contributed by atoms with van der Waals surface area (Å²) in [6.07, 6.45) is 0. The summed E-state index contributed by atoms with van der Waals surface area (Å²) in [7, 11) is 3.30. The van der Waals surface area contributed by atoms with Gasteiger partial charge in [0.25, 0.3) is 5.56 Å². The summed E-state index contributed by atoms with van der Waals surface area (Å²) >= 11 is 2.74. The second-order valence-electron chi connectivity index (χ2n) is 6.87. The van der Waals surface area contributed by atoms with Crippen LogP contribution in [0.2, 0.25) is 0 Å². The van der Waals surface area contributed by atoms with Crippen molar-refractivity contribution in [3.8, 4) is 16.2 Å². The highest BCUT2D eigenvalue weighted by atomic mass is 32.2. The Bertz CT molecular complexity index is 1270. The lowest BCUT2D eigenvalue weighted by atomic mass is 10.2. The topological polar surface area (TPSA) is 73.2 Å². The van der Waals surface area contributed by atoms with Gasteiger partial charge in [-0.25, -0.2) is 4.98 Å². The maximum Gasteiger partial charge on any atom is 0.262 e. The Morgan fingerprint density at radius 1 is 1.16 bits per heavy atom. The Kier molecular flexibility index (Phi) is 6.39. The quantitative estimate of drug-likeness (QED) is 0.339. The van der Waals surface area contributed by atoms with Crippen molar-refractivity contribution in [3.05, 3.63) is 76.6 Å². The minimum absolute atomic E-state index is 0.107. The van der Waals surface area contributed by atoms with E-state index in [1.54, 1.807) is 14.2 Å². The van der Waals surface area contributed by atoms with Gasteiger partial charge in [0.15, 0.2) is 5.16 Å². The van der Waals surface area contributed by atoms with Gasteiger partial charge < -0.3 is 10.1 Å². The molecule has 0 aliphatic carbocycles. The molecule has 4 rings (SSSR count). The number of nitrogens with one attached hydrogen (secondary N) is 1. The number of nitrogens with zero attached hydrogens (tertiary/aromatic N) is 2. The van der Waals surface area contributed by atoms with E-state index in [-0.39, 0.29) is 17.2 Å². The summed E-state index contributed by atoms with van der Waals surface area (Å²) in [6, 6.07) is 19.3. The predicted molar refractivity (Wildman–Crippen MR) is 126 cm³/mol. The third-order valence-corrected chi connectivity index (χ3v) is 6.88. The molecule has 0 aliphatic heterocycles. The van der Waals surface area contributed by atoms with Gasteiger partial charge in [0.2, 0.25) is 5.91 Å². The monoisotopic (exact) mass is 451 g/mol. The molecule has 31 heavy (non-hydrogen) atoms. The molecule has 0 unspecified atom stereocenters. The van der Waals surface area contributed by atoms with E-state index in [0.29, 0.717) is 21.9 Å². The Hall–Kier alpha value is -3.10. The number of carbonyl (C=O) groups is 1. The molecule has 0 saturated carbocycles. The van der Waals surface area contributed by atoms with E-state index in [2.05, 4.69) is 10.3 Å². The molecule has 8 heteroatoms. The van der Waals surface area contributed by atoms with Gasteiger partial charge in [0.1, 0.15) is 10.6 Å². The van der Waals surface area contributed by atoms with Crippen LogP contribution in [0.1, 0.15) is 5.56 Å². The largest absolute Gasteiger partial charge is 0.497 e. The minimum Gasteiger partial charge on any atom is -0.497 e. The van der Waals surface area contributed by atoms with Crippen molar-refractivity contribution in [1.82, 2.24) is 14.9 Å². The number of thioether (sulfide) groups is 1. The number of aromatic nitrogens is 2. The van der Waals surface area contributed by atoms with Crippen LogP contribution < -0.4 is 15.6 Å². The molecule has 0 atom stereocenters. The van der Waals surface area contributed by atoms with E-state index >= 15 is 0 Å². The van der Waals surface area contributed by atoms with Crippen LogP contribution in [0, 0.1) is 0 Å². The molecule has 2 heterocycles. The van der Waals surface area contributed by atoms with Crippen LogP contribution in [0.15, 0.2) is 70.6 Å². The van der Waals surface area contributed by atoms with Crippen LogP contribution in [0.3, 0.4) is 0 Å². The molecule has 2 aromatic carbocycles. The van der Waals surface area contributed by atoms with Gasteiger partial charge in [-0.1, -0.05) is 54.2 Å². The number of rotatable bonds is 7. The molecule has 0 bridgehead atoms. The fraction of sp³-hybridized carbons (Fsp3) is 0.174. The smallest absolute Gasteiger partial charge is 0.262 e. The van der Waals surface area contributed by atoms with Crippen LogP contribution in [0.4, 0.5) is 0 Å². The number of benzene rings is 2. The first-order valence-corrected chi connectivity index (χ1v) is 11.4. The third kappa shape index (κ3) is 4.81. The Balaban J connectivity index is 1.44. The first-order chi connectivity index (χ1) is 15.0. The molecule has 2 aromatic heterocycles. The van der Waals surface area contributed by atoms with E-state index < -0.39 is 0 Å². The van der Waals surface area contributed by atoms with Crippen LogP contribution in [0.5, 0.6) is 5.75 Å². The van der Waals surface area contributed by atoms with Crippen molar-refractivity contribution in [2.24, 2.45) is 7.05 Å². The Morgan fingerprint density at radius 2 is 1.90 bits per heavy atom. The molecule has 1 amide bonds. The molecule has 0 fully saturated rings. The number of fused-ring (bicyclic) bond motifs is 1. The number of amides is 1. The maximum atomic E-state index is 12.8. The number of hydrogen-bond acceptors (Lipinski definition) is 6. The average Bonchev–Trinajstić information content (AvgIpc) is 3.24. The van der Waals surface area contributed by atoms with Gasteiger partial charge in [-0.3, -0.25) is 14.2 Å². The molecule has 4 aromatic rings. The van der Waals surface area contributed by atoms with Crippen molar-refractivity contribution < 1.29 is 9.53 Å². The average molecular weight is 452 g/mol. The molecular formula is C23H21N3O3S2. The second kappa shape index (κ2) is 9.36. The fourth-order valence-corrected chi connectivity index (χ4v) is 4.93. The Labute approximate surface area is 187 Å². The fourth-order valence-electron chi connectivity index (χ4n) is 3.05. The molecule has 158 valence electrons. The van der Waals surface area contributed by atoms with Crippen LogP contribution in [-0.2, 0) is 18.4 Å². The summed E-state index contributed by atoms with van der Waals surface area (Å²) < 4.78 is 6.64. The minimum atomic E-state index is -0.119. The molecule has 0 saturated heterocycles. The number of carbonyl (C=O) groups excluding carboxylic acids is 1. The van der Waals surface area contributed by atoms with Gasteiger partial charge in [0, 0.05) is 18.5 Å². The zero-order valence-electron chi connectivity index (χ0n) is 17.1. The van der Waals surface area contributed by atoms with E-state index in [1.165, 1.54) is 27.7 Å². The van der Waals surface area contributed by atoms with Crippen LogP contribution >= 0.6 is 23.1 Å². The van der Waals surface area contributed by atoms with Crippen molar-refractivity contribution in [2.45, 2.75) is 11.7 Å². The normalized spacial score (nSPS) is 10.9. The number of methoxy groups -OCH3 is 1. The van der Waals surface area contributed by atoms with Crippen molar-refractivity contribution in [2.75, 3.05) is 12.9 Å². The van der Waals surface area contributed by atoms with Gasteiger partial charge in [-0.05, 0) is 29.3 Å². The number of hydrogen-bond donors (Lipinski definition) is 1. The molecular weight excluding hydrogens is 430 g/mol. The summed E-state index contributed by atoms with van der Waals surface area (Å²) in [6.45, 7) is 0.431. The molecule has 1 N–H and O–H groups in total. The molecule has 0 aliphatic rings. The van der Waals surface area contributed by atoms with Gasteiger partial charge in [0.05, 0.1) is 18.2 Å². The molecule has 0 radical (unpaired) electrons. The van der Waals surface area contributed by atoms with E-state index in [4.69, 9.17) is 4.74 Å². The van der Waals surface area contributed by atoms with Crippen LogP contribution in [-0.4, -0.2) is 28.3 Å². The van der Waals surface area contributed by atoms with E-state index in [1.807, 2.05) is 60.7 Å². The standard InChI is InChI=1S/C23H21N3O3S2/c1-26-22(28)18-12-19(16-6-4-3-5-7-16)31-21(18)25-23(26)30-14-20(27)24-13-15-8-10-17(29-2)11-9-15/h3-12H,13-14H2,1-2H3,(H,24,27). The summed E-state index contributed by atoms with van der Waals surface area (Å²) in [4.78, 5) is 31.4. The molecule has 0 spiro atoms. The van der Waals surface area contributed by atoms with Crippen LogP contribution in [0.25, 0.3) is 20.7 Å². The van der Waals surface area contributed by atoms with E-state index in [0.717, 1.165) is 21.8 Å². The Morgan fingerprint density at radius 3 is 2.61 bits per heavy atom. The highest BCUT2D eigenvalue weighted by Crippen LogP contribution is 2.31. The lowest BCUT2D eigenvalue weighted by Gasteiger charge is -2.08. The highest BCUT2D eigenvalue weighted by molar-refractivity contribution is 7.99. The van der Waals surface area contributed by atoms with Crippen molar-refractivity contribution in [1.29, 1.82) is 0 Å². The first-order valence-electron chi connectivity index (χ1n) is 9.63. The highest BCUT2D eigenvalue weighted by Gasteiger charge is 2.14. The lowest BCUT2D eigenvalue weighted by Crippen LogP contribution is -2.25. The van der Waals surface area contributed by atoms with Gasteiger partial charge >= 0.3 is 0 Å². The number of ether oxygens (including phenoxy) is 1. The number of thiophene rings is 1. The summed E-state index contributed by atoms with van der Waals surface area (Å²) in [5, 5.41) is 4.01. The van der Waals surface area contributed by atoms with Gasteiger partial charge in [-0.2, -0.15) is 0 Å². The molecule has 6 nitrogen and oxygen atoms in total.